The summed E-state index contributed by atoms with van der Waals surface area (Å²) in [7, 11) is 0. The lowest BCUT2D eigenvalue weighted by Gasteiger charge is -2.16. The first-order valence-electron chi connectivity index (χ1n) is 7.26. The van der Waals surface area contributed by atoms with Gasteiger partial charge in [-0.3, -0.25) is 4.79 Å². The number of aryl methyl sites for hydroxylation is 1. The second-order valence-electron chi connectivity index (χ2n) is 5.34. The number of carbonyl (C=O) groups excluding carboxylic acids is 1. The summed E-state index contributed by atoms with van der Waals surface area (Å²) >= 11 is 0. The minimum atomic E-state index is 0.0656. The fraction of sp³-hybridized carbons (Fsp3) is 0.294. The molecule has 0 fully saturated rings. The molecule has 0 saturated carbocycles. The zero-order chi connectivity index (χ0) is 14.8. The van der Waals surface area contributed by atoms with E-state index in [1.807, 2.05) is 43.0 Å². The number of nitrogens with one attached hydrogen (secondary N) is 1. The standard InChI is InChI=1S/C17H19N3O/c1-3-18-16-9-15(8-12(2)19-16)17(21)20-10-13-6-4-5-7-14(13)11-20/h4-9H,3,10-11H2,1-2H3,(H,18,19). The monoisotopic (exact) mass is 281 g/mol. The van der Waals surface area contributed by atoms with Gasteiger partial charge in [0.25, 0.3) is 5.91 Å². The Bertz CT molecular complexity index is 656. The van der Waals surface area contributed by atoms with Crippen LogP contribution in [0.3, 0.4) is 0 Å². The molecule has 2 heterocycles. The molecule has 0 saturated heterocycles. The van der Waals surface area contributed by atoms with Gasteiger partial charge >= 0.3 is 0 Å². The predicted molar refractivity (Wildman–Crippen MR) is 83.2 cm³/mol. The first-order chi connectivity index (χ1) is 10.2. The Balaban J connectivity index is 1.84. The van der Waals surface area contributed by atoms with E-state index in [9.17, 15) is 4.79 Å². The summed E-state index contributed by atoms with van der Waals surface area (Å²) in [6.07, 6.45) is 0. The lowest BCUT2D eigenvalue weighted by Crippen LogP contribution is -2.25. The normalized spacial score (nSPS) is 13.1. The second kappa shape index (κ2) is 5.56. The minimum absolute atomic E-state index is 0.0656. The molecule has 4 heteroatoms. The topological polar surface area (TPSA) is 45.2 Å². The third-order valence-corrected chi connectivity index (χ3v) is 3.69. The van der Waals surface area contributed by atoms with Crippen LogP contribution in [0.5, 0.6) is 0 Å². The van der Waals surface area contributed by atoms with Gasteiger partial charge in [0.05, 0.1) is 0 Å². The van der Waals surface area contributed by atoms with Crippen LogP contribution in [0.4, 0.5) is 5.82 Å². The minimum Gasteiger partial charge on any atom is -0.370 e. The fourth-order valence-corrected chi connectivity index (χ4v) is 2.72. The maximum atomic E-state index is 12.7. The van der Waals surface area contributed by atoms with Crippen molar-refractivity contribution in [3.05, 3.63) is 58.8 Å². The van der Waals surface area contributed by atoms with Crippen molar-refractivity contribution in [3.8, 4) is 0 Å². The molecule has 1 aromatic carbocycles. The van der Waals surface area contributed by atoms with Crippen molar-refractivity contribution in [1.29, 1.82) is 0 Å². The third-order valence-electron chi connectivity index (χ3n) is 3.69. The first kappa shape index (κ1) is 13.6. The molecule has 0 spiro atoms. The highest BCUT2D eigenvalue weighted by Gasteiger charge is 2.24. The van der Waals surface area contributed by atoms with Crippen LogP contribution in [-0.4, -0.2) is 22.3 Å². The Morgan fingerprint density at radius 3 is 2.52 bits per heavy atom. The van der Waals surface area contributed by atoms with E-state index in [0.717, 1.165) is 18.1 Å². The predicted octanol–water partition coefficient (Wildman–Crippen LogP) is 2.98. The molecule has 0 radical (unpaired) electrons. The van der Waals surface area contributed by atoms with E-state index in [0.29, 0.717) is 18.7 Å². The van der Waals surface area contributed by atoms with Crippen molar-refractivity contribution in [2.24, 2.45) is 0 Å². The van der Waals surface area contributed by atoms with Crippen LogP contribution in [0, 0.1) is 6.92 Å². The molecule has 21 heavy (non-hydrogen) atoms. The van der Waals surface area contributed by atoms with Gasteiger partial charge < -0.3 is 10.2 Å². The van der Waals surface area contributed by atoms with Crippen LogP contribution in [0.2, 0.25) is 0 Å². The summed E-state index contributed by atoms with van der Waals surface area (Å²) in [5.41, 5.74) is 4.03. The van der Waals surface area contributed by atoms with E-state index in [1.165, 1.54) is 11.1 Å². The fourth-order valence-electron chi connectivity index (χ4n) is 2.72. The molecule has 0 atom stereocenters. The number of hydrogen-bond acceptors (Lipinski definition) is 3. The first-order valence-corrected chi connectivity index (χ1v) is 7.26. The highest BCUT2D eigenvalue weighted by molar-refractivity contribution is 5.95. The Kier molecular flexibility index (Phi) is 3.60. The number of fused-ring (bicyclic) bond motifs is 1. The number of aromatic nitrogens is 1. The number of pyridine rings is 1. The van der Waals surface area contributed by atoms with Gasteiger partial charge in [-0.25, -0.2) is 4.98 Å². The Labute approximate surface area is 124 Å². The second-order valence-corrected chi connectivity index (χ2v) is 5.34. The van der Waals surface area contributed by atoms with Crippen molar-refractivity contribution in [2.75, 3.05) is 11.9 Å². The van der Waals surface area contributed by atoms with Crippen LogP contribution < -0.4 is 5.32 Å². The molecule has 3 rings (SSSR count). The van der Waals surface area contributed by atoms with Crippen LogP contribution in [-0.2, 0) is 13.1 Å². The zero-order valence-electron chi connectivity index (χ0n) is 12.4. The maximum absolute atomic E-state index is 12.7. The van der Waals surface area contributed by atoms with E-state index in [4.69, 9.17) is 0 Å². The average molecular weight is 281 g/mol. The Morgan fingerprint density at radius 2 is 1.90 bits per heavy atom. The van der Waals surface area contributed by atoms with Gasteiger partial charge in [0.15, 0.2) is 0 Å². The van der Waals surface area contributed by atoms with Crippen molar-refractivity contribution in [3.63, 3.8) is 0 Å². The Morgan fingerprint density at radius 1 is 1.24 bits per heavy atom. The summed E-state index contributed by atoms with van der Waals surface area (Å²) in [5.74, 6) is 0.827. The van der Waals surface area contributed by atoms with Gasteiger partial charge in [0.1, 0.15) is 5.82 Å². The molecule has 0 unspecified atom stereocenters. The van der Waals surface area contributed by atoms with Crippen molar-refractivity contribution < 1.29 is 4.79 Å². The number of rotatable bonds is 3. The van der Waals surface area contributed by atoms with Crippen molar-refractivity contribution in [2.45, 2.75) is 26.9 Å². The number of nitrogens with zero attached hydrogens (tertiary/aromatic N) is 2. The van der Waals surface area contributed by atoms with Crippen LogP contribution >= 0.6 is 0 Å². The maximum Gasteiger partial charge on any atom is 0.254 e. The molecule has 1 aliphatic heterocycles. The number of hydrogen-bond donors (Lipinski definition) is 1. The van der Waals surface area contributed by atoms with E-state index in [-0.39, 0.29) is 5.91 Å². The average Bonchev–Trinajstić information content (AvgIpc) is 2.90. The molecule has 0 bridgehead atoms. The molecule has 108 valence electrons. The van der Waals surface area contributed by atoms with Crippen molar-refractivity contribution in [1.82, 2.24) is 9.88 Å². The summed E-state index contributed by atoms with van der Waals surface area (Å²) < 4.78 is 0. The molecule has 1 N–H and O–H groups in total. The highest BCUT2D eigenvalue weighted by Crippen LogP contribution is 2.24. The molecule has 1 aliphatic rings. The molecule has 0 aliphatic carbocycles. The SMILES string of the molecule is CCNc1cc(C(=O)N2Cc3ccccc3C2)cc(C)n1. The van der Waals surface area contributed by atoms with Gasteiger partial charge in [-0.1, -0.05) is 24.3 Å². The van der Waals surface area contributed by atoms with Gasteiger partial charge in [-0.2, -0.15) is 0 Å². The van der Waals surface area contributed by atoms with Gasteiger partial charge in [0, 0.05) is 30.9 Å². The summed E-state index contributed by atoms with van der Waals surface area (Å²) in [6.45, 7) is 6.10. The number of amides is 1. The molecule has 1 amide bonds. The smallest absolute Gasteiger partial charge is 0.254 e. The van der Waals surface area contributed by atoms with E-state index in [1.54, 1.807) is 0 Å². The number of anilines is 1. The summed E-state index contributed by atoms with van der Waals surface area (Å²) in [6, 6.07) is 11.9. The van der Waals surface area contributed by atoms with Crippen molar-refractivity contribution >= 4 is 11.7 Å². The van der Waals surface area contributed by atoms with Crippen LogP contribution in [0.15, 0.2) is 36.4 Å². The third kappa shape index (κ3) is 2.75. The molecular formula is C17H19N3O. The highest BCUT2D eigenvalue weighted by atomic mass is 16.2. The lowest BCUT2D eigenvalue weighted by molar-refractivity contribution is 0.0751. The summed E-state index contributed by atoms with van der Waals surface area (Å²) in [4.78, 5) is 19.0. The Hall–Kier alpha value is -2.36. The largest absolute Gasteiger partial charge is 0.370 e. The van der Waals surface area contributed by atoms with E-state index < -0.39 is 0 Å². The van der Waals surface area contributed by atoms with Crippen LogP contribution in [0.1, 0.15) is 34.1 Å². The van der Waals surface area contributed by atoms with Gasteiger partial charge in [0.2, 0.25) is 0 Å². The summed E-state index contributed by atoms with van der Waals surface area (Å²) in [5, 5.41) is 3.17. The quantitative estimate of drug-likeness (QED) is 0.940. The lowest BCUT2D eigenvalue weighted by atomic mass is 10.1. The zero-order valence-corrected chi connectivity index (χ0v) is 12.4. The van der Waals surface area contributed by atoms with Gasteiger partial charge in [-0.15, -0.1) is 0 Å². The molecule has 1 aromatic heterocycles. The van der Waals surface area contributed by atoms with E-state index in [2.05, 4.69) is 22.4 Å². The molecule has 2 aromatic rings. The number of benzene rings is 1. The molecule has 4 nitrogen and oxygen atoms in total. The molecular weight excluding hydrogens is 262 g/mol. The van der Waals surface area contributed by atoms with Crippen LogP contribution in [0.25, 0.3) is 0 Å². The van der Waals surface area contributed by atoms with Gasteiger partial charge in [-0.05, 0) is 37.1 Å². The number of carbonyl (C=O) groups is 1. The van der Waals surface area contributed by atoms with E-state index >= 15 is 0 Å².